The third-order valence-corrected chi connectivity index (χ3v) is 2.37. The van der Waals surface area contributed by atoms with Crippen molar-refractivity contribution in [3.63, 3.8) is 0 Å². The predicted molar refractivity (Wildman–Crippen MR) is 64.2 cm³/mol. The van der Waals surface area contributed by atoms with Gasteiger partial charge in [0, 0.05) is 6.07 Å². The Morgan fingerprint density at radius 3 is 2.47 bits per heavy atom. The van der Waals surface area contributed by atoms with Crippen LogP contribution in [0.25, 0.3) is 0 Å². The standard InChI is InChI=1S/C13H9F2NO3/c14-8-2-4-11(9(15)6-8)19-12-5-7(13(17)18)1-3-10(12)16/h1-6H,16H2,(H,17,18). The van der Waals surface area contributed by atoms with E-state index in [0.717, 1.165) is 12.1 Å². The van der Waals surface area contributed by atoms with Crippen LogP contribution >= 0.6 is 0 Å². The molecular formula is C13H9F2NO3. The fourth-order valence-corrected chi connectivity index (χ4v) is 1.43. The Kier molecular flexibility index (Phi) is 3.33. The SMILES string of the molecule is Nc1ccc(C(=O)O)cc1Oc1ccc(F)cc1F. The van der Waals surface area contributed by atoms with E-state index in [1.165, 1.54) is 18.2 Å². The number of nitrogen functional groups attached to an aromatic ring is 1. The van der Waals surface area contributed by atoms with Gasteiger partial charge in [-0.05, 0) is 30.3 Å². The van der Waals surface area contributed by atoms with Crippen LogP contribution in [0, 0.1) is 11.6 Å². The monoisotopic (exact) mass is 265 g/mol. The number of hydrogen-bond donors (Lipinski definition) is 2. The molecule has 0 aliphatic carbocycles. The molecule has 6 heteroatoms. The Morgan fingerprint density at radius 2 is 1.84 bits per heavy atom. The summed E-state index contributed by atoms with van der Waals surface area (Å²) in [4.78, 5) is 10.8. The molecule has 0 aromatic heterocycles. The van der Waals surface area contributed by atoms with E-state index in [-0.39, 0.29) is 22.7 Å². The number of benzene rings is 2. The lowest BCUT2D eigenvalue weighted by Crippen LogP contribution is -2.00. The molecule has 19 heavy (non-hydrogen) atoms. The molecule has 0 aliphatic rings. The zero-order valence-corrected chi connectivity index (χ0v) is 9.56. The number of ether oxygens (including phenoxy) is 1. The number of carboxylic acids is 1. The summed E-state index contributed by atoms with van der Waals surface area (Å²) in [5.74, 6) is -3.05. The molecule has 3 N–H and O–H groups in total. The lowest BCUT2D eigenvalue weighted by Gasteiger charge is -2.10. The van der Waals surface area contributed by atoms with E-state index in [1.807, 2.05) is 0 Å². The zero-order valence-electron chi connectivity index (χ0n) is 9.56. The van der Waals surface area contributed by atoms with Crippen LogP contribution < -0.4 is 10.5 Å². The van der Waals surface area contributed by atoms with Crippen molar-refractivity contribution in [1.29, 1.82) is 0 Å². The number of halogens is 2. The minimum absolute atomic E-state index is 0.00888. The van der Waals surface area contributed by atoms with Crippen molar-refractivity contribution >= 4 is 11.7 Å². The summed E-state index contributed by atoms with van der Waals surface area (Å²) in [7, 11) is 0. The molecule has 0 unspecified atom stereocenters. The van der Waals surface area contributed by atoms with Gasteiger partial charge in [0.25, 0.3) is 0 Å². The van der Waals surface area contributed by atoms with Gasteiger partial charge in [0.1, 0.15) is 5.82 Å². The van der Waals surface area contributed by atoms with Crippen molar-refractivity contribution in [3.8, 4) is 11.5 Å². The maximum absolute atomic E-state index is 13.4. The Bertz CT molecular complexity index is 644. The molecule has 0 aliphatic heterocycles. The minimum Gasteiger partial charge on any atom is -0.478 e. The van der Waals surface area contributed by atoms with Crippen molar-refractivity contribution < 1.29 is 23.4 Å². The van der Waals surface area contributed by atoms with Crippen molar-refractivity contribution in [2.24, 2.45) is 0 Å². The molecule has 2 aromatic carbocycles. The molecular weight excluding hydrogens is 256 g/mol. The first-order valence-corrected chi connectivity index (χ1v) is 5.23. The fourth-order valence-electron chi connectivity index (χ4n) is 1.43. The fraction of sp³-hybridized carbons (Fsp3) is 0. The van der Waals surface area contributed by atoms with E-state index in [2.05, 4.69) is 0 Å². The number of aromatic carboxylic acids is 1. The lowest BCUT2D eigenvalue weighted by atomic mass is 10.2. The topological polar surface area (TPSA) is 72.6 Å². The Balaban J connectivity index is 2.37. The molecule has 98 valence electrons. The maximum atomic E-state index is 13.4. The first-order valence-electron chi connectivity index (χ1n) is 5.23. The second kappa shape index (κ2) is 4.93. The zero-order chi connectivity index (χ0) is 14.0. The summed E-state index contributed by atoms with van der Waals surface area (Å²) in [6.45, 7) is 0. The van der Waals surface area contributed by atoms with Crippen molar-refractivity contribution in [1.82, 2.24) is 0 Å². The van der Waals surface area contributed by atoms with E-state index < -0.39 is 17.6 Å². The number of rotatable bonds is 3. The van der Waals surface area contributed by atoms with Crippen LogP contribution in [0.2, 0.25) is 0 Å². The van der Waals surface area contributed by atoms with Gasteiger partial charge in [-0.25, -0.2) is 13.6 Å². The average molecular weight is 265 g/mol. The lowest BCUT2D eigenvalue weighted by molar-refractivity contribution is 0.0696. The molecule has 0 saturated carbocycles. The summed E-state index contributed by atoms with van der Waals surface area (Å²) >= 11 is 0. The minimum atomic E-state index is -1.16. The number of hydrogen-bond acceptors (Lipinski definition) is 3. The van der Waals surface area contributed by atoms with E-state index in [0.29, 0.717) is 6.07 Å². The van der Waals surface area contributed by atoms with E-state index in [4.69, 9.17) is 15.6 Å². The third-order valence-electron chi connectivity index (χ3n) is 2.37. The Morgan fingerprint density at radius 1 is 1.11 bits per heavy atom. The molecule has 0 atom stereocenters. The molecule has 0 radical (unpaired) electrons. The van der Waals surface area contributed by atoms with Crippen LogP contribution in [-0.4, -0.2) is 11.1 Å². The van der Waals surface area contributed by atoms with Crippen LogP contribution in [-0.2, 0) is 0 Å². The molecule has 4 nitrogen and oxygen atoms in total. The molecule has 2 aromatic rings. The van der Waals surface area contributed by atoms with Gasteiger partial charge >= 0.3 is 5.97 Å². The highest BCUT2D eigenvalue weighted by Gasteiger charge is 2.11. The third kappa shape index (κ3) is 2.79. The van der Waals surface area contributed by atoms with Gasteiger partial charge in [-0.1, -0.05) is 0 Å². The van der Waals surface area contributed by atoms with Gasteiger partial charge in [0.05, 0.1) is 11.3 Å². The number of carbonyl (C=O) groups is 1. The van der Waals surface area contributed by atoms with Gasteiger partial charge < -0.3 is 15.6 Å². The van der Waals surface area contributed by atoms with Crippen LogP contribution in [0.4, 0.5) is 14.5 Å². The number of carboxylic acid groups (broad SMARTS) is 1. The molecule has 0 saturated heterocycles. The summed E-state index contributed by atoms with van der Waals surface area (Å²) in [6.07, 6.45) is 0. The van der Waals surface area contributed by atoms with Crippen LogP contribution in [0.15, 0.2) is 36.4 Å². The first-order chi connectivity index (χ1) is 8.97. The van der Waals surface area contributed by atoms with Gasteiger partial charge in [-0.15, -0.1) is 0 Å². The normalized spacial score (nSPS) is 10.2. The first kappa shape index (κ1) is 12.8. The average Bonchev–Trinajstić information content (AvgIpc) is 2.34. The highest BCUT2D eigenvalue weighted by Crippen LogP contribution is 2.30. The molecule has 2 rings (SSSR count). The van der Waals surface area contributed by atoms with Gasteiger partial charge in [-0.3, -0.25) is 0 Å². The second-order valence-corrected chi connectivity index (χ2v) is 3.73. The molecule has 0 fully saturated rings. The second-order valence-electron chi connectivity index (χ2n) is 3.73. The Labute approximate surface area is 107 Å². The van der Waals surface area contributed by atoms with Crippen LogP contribution in [0.3, 0.4) is 0 Å². The molecule has 0 spiro atoms. The quantitative estimate of drug-likeness (QED) is 0.836. The highest BCUT2D eigenvalue weighted by atomic mass is 19.1. The van der Waals surface area contributed by atoms with Crippen molar-refractivity contribution in [2.75, 3.05) is 5.73 Å². The number of nitrogens with two attached hydrogens (primary N) is 1. The molecule has 0 heterocycles. The van der Waals surface area contributed by atoms with Gasteiger partial charge in [0.2, 0.25) is 0 Å². The van der Waals surface area contributed by atoms with Gasteiger partial charge in [-0.2, -0.15) is 0 Å². The van der Waals surface area contributed by atoms with E-state index >= 15 is 0 Å². The van der Waals surface area contributed by atoms with Crippen LogP contribution in [0.5, 0.6) is 11.5 Å². The van der Waals surface area contributed by atoms with Crippen molar-refractivity contribution in [3.05, 3.63) is 53.6 Å². The largest absolute Gasteiger partial charge is 0.478 e. The van der Waals surface area contributed by atoms with E-state index in [1.54, 1.807) is 0 Å². The summed E-state index contributed by atoms with van der Waals surface area (Å²) in [5, 5.41) is 8.84. The predicted octanol–water partition coefficient (Wildman–Crippen LogP) is 3.04. The summed E-state index contributed by atoms with van der Waals surface area (Å²) < 4.78 is 31.3. The van der Waals surface area contributed by atoms with Crippen LogP contribution in [0.1, 0.15) is 10.4 Å². The molecule has 0 bridgehead atoms. The summed E-state index contributed by atoms with van der Waals surface area (Å²) in [5.41, 5.74) is 5.70. The highest BCUT2D eigenvalue weighted by molar-refractivity contribution is 5.89. The van der Waals surface area contributed by atoms with Gasteiger partial charge in [0.15, 0.2) is 17.3 Å². The smallest absolute Gasteiger partial charge is 0.335 e. The van der Waals surface area contributed by atoms with Crippen molar-refractivity contribution in [2.45, 2.75) is 0 Å². The maximum Gasteiger partial charge on any atom is 0.335 e. The number of anilines is 1. The molecule has 0 amide bonds. The summed E-state index contributed by atoms with van der Waals surface area (Å²) in [6, 6.07) is 6.58. The Hall–Kier alpha value is -2.63. The van der Waals surface area contributed by atoms with E-state index in [9.17, 15) is 13.6 Å².